The first kappa shape index (κ1) is 15.3. The number of aromatic nitrogens is 1. The highest BCUT2D eigenvalue weighted by atomic mass is 16.2. The topological polar surface area (TPSA) is 56.8 Å². The molecule has 0 aromatic carbocycles. The first-order chi connectivity index (χ1) is 9.86. The highest BCUT2D eigenvalue weighted by molar-refractivity contribution is 5.84. The molecule has 2 heterocycles. The minimum absolute atomic E-state index is 0.0698. The number of rotatable bonds is 4. The first-order valence-corrected chi connectivity index (χ1v) is 7.05. The third kappa shape index (κ3) is 3.71. The molecule has 3 amide bonds. The molecule has 1 saturated heterocycles. The van der Waals surface area contributed by atoms with Crippen LogP contribution in [-0.4, -0.2) is 65.4 Å². The lowest BCUT2D eigenvalue weighted by Crippen LogP contribution is -2.40. The van der Waals surface area contributed by atoms with Gasteiger partial charge < -0.3 is 14.7 Å². The van der Waals surface area contributed by atoms with Crippen molar-refractivity contribution >= 4 is 11.9 Å². The Kier molecular flexibility index (Phi) is 4.45. The zero-order chi connectivity index (χ0) is 15.6. The van der Waals surface area contributed by atoms with E-state index in [-0.39, 0.29) is 18.5 Å². The predicted molar refractivity (Wildman–Crippen MR) is 79.8 cm³/mol. The van der Waals surface area contributed by atoms with E-state index in [9.17, 15) is 9.59 Å². The molecule has 0 unspecified atom stereocenters. The van der Waals surface area contributed by atoms with E-state index in [1.54, 1.807) is 28.8 Å². The van der Waals surface area contributed by atoms with Crippen molar-refractivity contribution < 1.29 is 9.59 Å². The summed E-state index contributed by atoms with van der Waals surface area (Å²) in [5.41, 5.74) is 2.95. The van der Waals surface area contributed by atoms with Crippen LogP contribution in [0.4, 0.5) is 4.79 Å². The molecule has 1 aliphatic rings. The lowest BCUT2D eigenvalue weighted by molar-refractivity contribution is -0.130. The second kappa shape index (κ2) is 6.11. The van der Waals surface area contributed by atoms with E-state index in [4.69, 9.17) is 0 Å². The van der Waals surface area contributed by atoms with Gasteiger partial charge in [0.25, 0.3) is 0 Å². The Morgan fingerprint density at radius 3 is 2.62 bits per heavy atom. The Hall–Kier alpha value is -2.11. The maximum Gasteiger partial charge on any atom is 0.320 e. The van der Waals surface area contributed by atoms with Gasteiger partial charge in [-0.05, 0) is 31.5 Å². The van der Waals surface area contributed by atoms with Crippen LogP contribution in [0.2, 0.25) is 0 Å². The van der Waals surface area contributed by atoms with Crippen molar-refractivity contribution in [3.8, 4) is 0 Å². The molecule has 0 aliphatic carbocycles. The molecular weight excluding hydrogens is 268 g/mol. The van der Waals surface area contributed by atoms with Gasteiger partial charge in [0.05, 0.1) is 12.2 Å². The minimum atomic E-state index is -0.0822. The molecule has 1 aromatic rings. The van der Waals surface area contributed by atoms with Crippen molar-refractivity contribution in [2.45, 2.75) is 20.4 Å². The van der Waals surface area contributed by atoms with Crippen LogP contribution in [0.25, 0.3) is 0 Å². The summed E-state index contributed by atoms with van der Waals surface area (Å²) >= 11 is 0. The van der Waals surface area contributed by atoms with Crippen LogP contribution in [0.3, 0.4) is 0 Å². The molecule has 21 heavy (non-hydrogen) atoms. The zero-order valence-electron chi connectivity index (χ0n) is 13.1. The molecule has 6 nitrogen and oxygen atoms in total. The van der Waals surface area contributed by atoms with Crippen LogP contribution < -0.4 is 0 Å². The van der Waals surface area contributed by atoms with Crippen LogP contribution >= 0.6 is 0 Å². The quantitative estimate of drug-likeness (QED) is 0.832. The molecule has 2 rings (SSSR count). The standard InChI is InChI=1S/C15H22N4O2/c1-11-7-12(2)16-13(8-11)9-18(4)14(20)10-19-6-5-17(3)15(19)21/h7-8H,5-6,9-10H2,1-4H3. The number of urea groups is 1. The van der Waals surface area contributed by atoms with Crippen LogP contribution in [0.5, 0.6) is 0 Å². The number of pyridine rings is 1. The summed E-state index contributed by atoms with van der Waals surface area (Å²) < 4.78 is 0. The Labute approximate surface area is 125 Å². The molecule has 0 spiro atoms. The van der Waals surface area contributed by atoms with E-state index >= 15 is 0 Å². The van der Waals surface area contributed by atoms with Gasteiger partial charge in [-0.25, -0.2) is 4.79 Å². The number of carbonyl (C=O) groups is 2. The largest absolute Gasteiger partial charge is 0.338 e. The molecule has 114 valence electrons. The van der Waals surface area contributed by atoms with Gasteiger partial charge in [0.2, 0.25) is 5.91 Å². The molecule has 0 radical (unpaired) electrons. The number of likely N-dealkylation sites (N-methyl/N-ethyl adjacent to an activating group) is 2. The van der Waals surface area contributed by atoms with Crippen molar-refractivity contribution in [2.75, 3.05) is 33.7 Å². The average Bonchev–Trinajstić information content (AvgIpc) is 2.69. The SMILES string of the molecule is Cc1cc(C)nc(CN(C)C(=O)CN2CCN(C)C2=O)c1. The zero-order valence-corrected chi connectivity index (χ0v) is 13.1. The normalized spacial score (nSPS) is 14.8. The summed E-state index contributed by atoms with van der Waals surface area (Å²) in [7, 11) is 3.49. The van der Waals surface area contributed by atoms with E-state index in [0.29, 0.717) is 19.6 Å². The minimum Gasteiger partial charge on any atom is -0.338 e. The van der Waals surface area contributed by atoms with Gasteiger partial charge in [0, 0.05) is 32.9 Å². The number of aryl methyl sites for hydroxylation is 2. The number of hydrogen-bond donors (Lipinski definition) is 0. The Balaban J connectivity index is 1.95. The van der Waals surface area contributed by atoms with Crippen molar-refractivity contribution in [2.24, 2.45) is 0 Å². The van der Waals surface area contributed by atoms with Crippen molar-refractivity contribution in [3.63, 3.8) is 0 Å². The summed E-state index contributed by atoms with van der Waals surface area (Å²) in [5, 5.41) is 0. The Bertz CT molecular complexity index is 538. The fraction of sp³-hybridized carbons (Fsp3) is 0.533. The van der Waals surface area contributed by atoms with Crippen LogP contribution in [0.1, 0.15) is 17.0 Å². The molecular formula is C15H22N4O2. The predicted octanol–water partition coefficient (Wildman–Crippen LogP) is 1.02. The second-order valence-electron chi connectivity index (χ2n) is 5.65. The third-order valence-electron chi connectivity index (χ3n) is 3.60. The van der Waals surface area contributed by atoms with Crippen molar-refractivity contribution in [1.82, 2.24) is 19.7 Å². The average molecular weight is 290 g/mol. The van der Waals surface area contributed by atoms with Gasteiger partial charge in [-0.1, -0.05) is 0 Å². The molecule has 1 aliphatic heterocycles. The Morgan fingerprint density at radius 1 is 1.33 bits per heavy atom. The molecule has 1 fully saturated rings. The van der Waals surface area contributed by atoms with Crippen LogP contribution in [0, 0.1) is 13.8 Å². The smallest absolute Gasteiger partial charge is 0.320 e. The van der Waals surface area contributed by atoms with Gasteiger partial charge >= 0.3 is 6.03 Å². The third-order valence-corrected chi connectivity index (χ3v) is 3.60. The highest BCUT2D eigenvalue weighted by Crippen LogP contribution is 2.09. The first-order valence-electron chi connectivity index (χ1n) is 7.05. The summed E-state index contributed by atoms with van der Waals surface area (Å²) in [6.45, 7) is 5.82. The van der Waals surface area contributed by atoms with Crippen LogP contribution in [0.15, 0.2) is 12.1 Å². The summed E-state index contributed by atoms with van der Waals surface area (Å²) in [5.74, 6) is -0.0698. The fourth-order valence-electron chi connectivity index (χ4n) is 2.47. The number of hydrogen-bond acceptors (Lipinski definition) is 3. The number of nitrogens with zero attached hydrogens (tertiary/aromatic N) is 4. The number of amides is 3. The van der Waals surface area contributed by atoms with Crippen molar-refractivity contribution in [1.29, 1.82) is 0 Å². The van der Waals surface area contributed by atoms with Gasteiger partial charge in [0.1, 0.15) is 6.54 Å². The highest BCUT2D eigenvalue weighted by Gasteiger charge is 2.27. The van der Waals surface area contributed by atoms with Gasteiger partial charge in [-0.2, -0.15) is 0 Å². The van der Waals surface area contributed by atoms with Crippen molar-refractivity contribution in [3.05, 3.63) is 29.1 Å². The lowest BCUT2D eigenvalue weighted by Gasteiger charge is -2.21. The summed E-state index contributed by atoms with van der Waals surface area (Å²) in [4.78, 5) is 33.2. The fourth-order valence-corrected chi connectivity index (χ4v) is 2.47. The van der Waals surface area contributed by atoms with E-state index in [1.807, 2.05) is 26.0 Å². The van der Waals surface area contributed by atoms with E-state index in [0.717, 1.165) is 17.0 Å². The lowest BCUT2D eigenvalue weighted by atomic mass is 10.2. The van der Waals surface area contributed by atoms with E-state index in [1.165, 1.54) is 0 Å². The van der Waals surface area contributed by atoms with Gasteiger partial charge in [0.15, 0.2) is 0 Å². The van der Waals surface area contributed by atoms with Gasteiger partial charge in [-0.15, -0.1) is 0 Å². The Morgan fingerprint density at radius 2 is 2.05 bits per heavy atom. The maximum atomic E-state index is 12.2. The molecule has 1 aromatic heterocycles. The second-order valence-corrected chi connectivity index (χ2v) is 5.65. The van der Waals surface area contributed by atoms with Crippen LogP contribution in [-0.2, 0) is 11.3 Å². The molecule has 0 saturated carbocycles. The maximum absolute atomic E-state index is 12.2. The molecule has 0 atom stereocenters. The molecule has 0 bridgehead atoms. The number of carbonyl (C=O) groups excluding carboxylic acids is 2. The summed E-state index contributed by atoms with van der Waals surface area (Å²) in [6.07, 6.45) is 0. The molecule has 6 heteroatoms. The van der Waals surface area contributed by atoms with E-state index < -0.39 is 0 Å². The van der Waals surface area contributed by atoms with Gasteiger partial charge in [-0.3, -0.25) is 9.78 Å². The van der Waals surface area contributed by atoms with E-state index in [2.05, 4.69) is 4.98 Å². The summed E-state index contributed by atoms with van der Waals surface area (Å²) in [6, 6.07) is 3.90. The monoisotopic (exact) mass is 290 g/mol. The molecule has 0 N–H and O–H groups in total.